The molecule has 0 radical (unpaired) electrons. The number of aryl methyl sites for hydroxylation is 1. The second-order valence-corrected chi connectivity index (χ2v) is 4.67. The van der Waals surface area contributed by atoms with Crippen molar-refractivity contribution in [2.45, 2.75) is 12.5 Å². The summed E-state index contributed by atoms with van der Waals surface area (Å²) in [5.41, 5.74) is 1.23. The molecule has 2 rings (SSSR count). The van der Waals surface area contributed by atoms with E-state index in [2.05, 4.69) is 5.10 Å². The summed E-state index contributed by atoms with van der Waals surface area (Å²) < 4.78 is 1.81. The number of aromatic nitrogens is 2. The lowest BCUT2D eigenvalue weighted by atomic mass is 9.99. The second kappa shape index (κ2) is 3.72. The standard InChI is InChI=1S/C9H14N2OS/c1-11-4-7(3-10-11)2-8-5-13-6-9(8)12/h3-4,8-9,12H,2,5-6H2,1H3. The lowest BCUT2D eigenvalue weighted by molar-refractivity contribution is 0.150. The third kappa shape index (κ3) is 2.06. The highest BCUT2D eigenvalue weighted by Gasteiger charge is 2.25. The summed E-state index contributed by atoms with van der Waals surface area (Å²) in [5, 5.41) is 13.7. The summed E-state index contributed by atoms with van der Waals surface area (Å²) in [6, 6.07) is 0. The molecule has 72 valence electrons. The van der Waals surface area contributed by atoms with E-state index in [4.69, 9.17) is 0 Å². The van der Waals surface area contributed by atoms with Crippen LogP contribution in [-0.4, -0.2) is 32.5 Å². The summed E-state index contributed by atoms with van der Waals surface area (Å²) >= 11 is 1.84. The molecule has 2 unspecified atom stereocenters. The van der Waals surface area contributed by atoms with Gasteiger partial charge in [-0.25, -0.2) is 0 Å². The van der Waals surface area contributed by atoms with Crippen LogP contribution >= 0.6 is 11.8 Å². The first-order chi connectivity index (χ1) is 6.25. The lowest BCUT2D eigenvalue weighted by Gasteiger charge is -2.11. The molecule has 1 aromatic rings. The second-order valence-electron chi connectivity index (χ2n) is 3.59. The summed E-state index contributed by atoms with van der Waals surface area (Å²) in [7, 11) is 1.92. The first kappa shape index (κ1) is 9.09. The Morgan fingerprint density at radius 3 is 3.08 bits per heavy atom. The van der Waals surface area contributed by atoms with Gasteiger partial charge in [-0.15, -0.1) is 0 Å². The van der Waals surface area contributed by atoms with E-state index >= 15 is 0 Å². The average molecular weight is 198 g/mol. The van der Waals surface area contributed by atoms with E-state index in [-0.39, 0.29) is 6.10 Å². The van der Waals surface area contributed by atoms with E-state index in [0.717, 1.165) is 17.9 Å². The average Bonchev–Trinajstić information content (AvgIpc) is 2.64. The zero-order chi connectivity index (χ0) is 9.26. The molecule has 0 bridgehead atoms. The molecular formula is C9H14N2OS. The third-order valence-electron chi connectivity index (χ3n) is 2.42. The molecule has 0 aromatic carbocycles. The van der Waals surface area contributed by atoms with Crippen molar-refractivity contribution >= 4 is 11.8 Å². The van der Waals surface area contributed by atoms with Crippen molar-refractivity contribution in [2.75, 3.05) is 11.5 Å². The largest absolute Gasteiger partial charge is 0.392 e. The highest BCUT2D eigenvalue weighted by molar-refractivity contribution is 7.99. The Balaban J connectivity index is 1.97. The first-order valence-electron chi connectivity index (χ1n) is 4.49. The Kier molecular flexibility index (Phi) is 2.60. The van der Waals surface area contributed by atoms with Crippen LogP contribution in [0.2, 0.25) is 0 Å². The van der Waals surface area contributed by atoms with Crippen molar-refractivity contribution in [1.82, 2.24) is 9.78 Å². The molecule has 0 aliphatic carbocycles. The third-order valence-corrected chi connectivity index (χ3v) is 3.66. The predicted octanol–water partition coefficient (Wildman–Crippen LogP) is 0.686. The smallest absolute Gasteiger partial charge is 0.0669 e. The molecule has 0 amide bonds. The van der Waals surface area contributed by atoms with Gasteiger partial charge in [0.2, 0.25) is 0 Å². The maximum Gasteiger partial charge on any atom is 0.0669 e. The molecule has 3 nitrogen and oxygen atoms in total. The maximum absolute atomic E-state index is 9.61. The van der Waals surface area contributed by atoms with Crippen LogP contribution in [0.3, 0.4) is 0 Å². The molecule has 4 heteroatoms. The molecule has 13 heavy (non-hydrogen) atoms. The molecule has 1 aliphatic rings. The van der Waals surface area contributed by atoms with E-state index in [1.165, 1.54) is 5.56 Å². The highest BCUT2D eigenvalue weighted by atomic mass is 32.2. The van der Waals surface area contributed by atoms with Gasteiger partial charge in [-0.2, -0.15) is 16.9 Å². The minimum Gasteiger partial charge on any atom is -0.392 e. The normalized spacial score (nSPS) is 28.2. The summed E-state index contributed by atoms with van der Waals surface area (Å²) in [6.45, 7) is 0. The topological polar surface area (TPSA) is 38.0 Å². The zero-order valence-electron chi connectivity index (χ0n) is 7.68. The van der Waals surface area contributed by atoms with Crippen molar-refractivity contribution in [3.63, 3.8) is 0 Å². The molecular weight excluding hydrogens is 184 g/mol. The van der Waals surface area contributed by atoms with E-state index in [0.29, 0.717) is 5.92 Å². The molecule has 1 fully saturated rings. The Morgan fingerprint density at radius 1 is 1.69 bits per heavy atom. The summed E-state index contributed by atoms with van der Waals surface area (Å²) in [6.07, 6.45) is 4.75. The molecule has 1 aromatic heterocycles. The maximum atomic E-state index is 9.61. The van der Waals surface area contributed by atoms with Gasteiger partial charge in [0.05, 0.1) is 12.3 Å². The van der Waals surface area contributed by atoms with Gasteiger partial charge in [-0.3, -0.25) is 4.68 Å². The fraction of sp³-hybridized carbons (Fsp3) is 0.667. The van der Waals surface area contributed by atoms with Crippen molar-refractivity contribution in [2.24, 2.45) is 13.0 Å². The number of hydrogen-bond donors (Lipinski definition) is 1. The lowest BCUT2D eigenvalue weighted by Crippen LogP contribution is -2.19. The minimum absolute atomic E-state index is 0.120. The molecule has 1 aliphatic heterocycles. The summed E-state index contributed by atoms with van der Waals surface area (Å²) in [5.74, 6) is 2.40. The molecule has 1 saturated heterocycles. The van der Waals surface area contributed by atoms with Crippen molar-refractivity contribution < 1.29 is 5.11 Å². The van der Waals surface area contributed by atoms with Gasteiger partial charge >= 0.3 is 0 Å². The van der Waals surface area contributed by atoms with Crippen LogP contribution in [0.1, 0.15) is 5.56 Å². The number of thioether (sulfide) groups is 1. The van der Waals surface area contributed by atoms with E-state index < -0.39 is 0 Å². The fourth-order valence-electron chi connectivity index (χ4n) is 1.66. The van der Waals surface area contributed by atoms with Crippen LogP contribution in [0.4, 0.5) is 0 Å². The van der Waals surface area contributed by atoms with E-state index in [1.807, 2.05) is 35.9 Å². The van der Waals surface area contributed by atoms with Gasteiger partial charge in [0, 0.05) is 19.0 Å². The fourth-order valence-corrected chi connectivity index (χ4v) is 2.95. The Morgan fingerprint density at radius 2 is 2.54 bits per heavy atom. The van der Waals surface area contributed by atoms with Gasteiger partial charge in [0.1, 0.15) is 0 Å². The summed E-state index contributed by atoms with van der Waals surface area (Å²) in [4.78, 5) is 0. The molecule has 0 spiro atoms. The van der Waals surface area contributed by atoms with Gasteiger partial charge in [-0.1, -0.05) is 0 Å². The Labute approximate surface area is 82.1 Å². The van der Waals surface area contributed by atoms with Gasteiger partial charge in [0.25, 0.3) is 0 Å². The van der Waals surface area contributed by atoms with Crippen molar-refractivity contribution in [1.29, 1.82) is 0 Å². The molecule has 2 heterocycles. The minimum atomic E-state index is -0.120. The highest BCUT2D eigenvalue weighted by Crippen LogP contribution is 2.26. The number of hydrogen-bond acceptors (Lipinski definition) is 3. The molecule has 1 N–H and O–H groups in total. The quantitative estimate of drug-likeness (QED) is 0.759. The molecule has 2 atom stereocenters. The SMILES string of the molecule is Cn1cc(CC2CSCC2O)cn1. The molecule has 0 saturated carbocycles. The predicted molar refractivity (Wildman–Crippen MR) is 53.7 cm³/mol. The van der Waals surface area contributed by atoms with Crippen LogP contribution in [0.15, 0.2) is 12.4 Å². The number of aliphatic hydroxyl groups is 1. The Hall–Kier alpha value is -0.480. The van der Waals surface area contributed by atoms with Crippen LogP contribution in [0.25, 0.3) is 0 Å². The van der Waals surface area contributed by atoms with Crippen molar-refractivity contribution in [3.05, 3.63) is 18.0 Å². The zero-order valence-corrected chi connectivity index (χ0v) is 8.50. The monoisotopic (exact) mass is 198 g/mol. The number of nitrogens with zero attached hydrogens (tertiary/aromatic N) is 2. The number of aliphatic hydroxyl groups excluding tert-OH is 1. The van der Waals surface area contributed by atoms with Gasteiger partial charge in [0.15, 0.2) is 0 Å². The van der Waals surface area contributed by atoms with Crippen LogP contribution in [0.5, 0.6) is 0 Å². The van der Waals surface area contributed by atoms with Crippen LogP contribution in [0, 0.1) is 5.92 Å². The van der Waals surface area contributed by atoms with E-state index in [1.54, 1.807) is 0 Å². The van der Waals surface area contributed by atoms with Gasteiger partial charge in [-0.05, 0) is 23.7 Å². The van der Waals surface area contributed by atoms with Gasteiger partial charge < -0.3 is 5.11 Å². The number of rotatable bonds is 2. The van der Waals surface area contributed by atoms with Crippen LogP contribution < -0.4 is 0 Å². The Bertz CT molecular complexity index is 287. The van der Waals surface area contributed by atoms with Crippen LogP contribution in [-0.2, 0) is 13.5 Å². The van der Waals surface area contributed by atoms with Crippen molar-refractivity contribution in [3.8, 4) is 0 Å². The van der Waals surface area contributed by atoms with E-state index in [9.17, 15) is 5.11 Å². The first-order valence-corrected chi connectivity index (χ1v) is 5.64.